The average Bonchev–Trinajstić information content (AvgIpc) is 3.15. The highest BCUT2D eigenvalue weighted by Gasteiger charge is 2.15. The topological polar surface area (TPSA) is 52.5 Å². The molecule has 0 spiro atoms. The fourth-order valence-corrected chi connectivity index (χ4v) is 3.08. The quantitative estimate of drug-likeness (QED) is 0.671. The van der Waals surface area contributed by atoms with Gasteiger partial charge in [-0.15, -0.1) is 0 Å². The lowest BCUT2D eigenvalue weighted by Gasteiger charge is -2.17. The third kappa shape index (κ3) is 4.34. The van der Waals surface area contributed by atoms with E-state index in [0.29, 0.717) is 11.5 Å². The van der Waals surface area contributed by atoms with Crippen molar-refractivity contribution in [3.8, 4) is 17.2 Å². The van der Waals surface area contributed by atoms with E-state index in [1.807, 2.05) is 48.0 Å². The molecule has 2 aromatic carbocycles. The number of ether oxygens (including phenoxy) is 2. The minimum absolute atomic E-state index is 0.107. The van der Waals surface area contributed by atoms with E-state index in [9.17, 15) is 9.18 Å². The number of hydrogen-bond acceptors (Lipinski definition) is 3. The third-order valence-electron chi connectivity index (χ3n) is 4.56. The molecule has 0 fully saturated rings. The minimum atomic E-state index is -0.293. The number of benzene rings is 2. The SMILES string of the molecule is COc1ccc([C@@H](C)NC(=O)Cc2cccn2-c2ccc(F)cc2)cc1OC. The molecule has 28 heavy (non-hydrogen) atoms. The highest BCUT2D eigenvalue weighted by Crippen LogP contribution is 2.29. The summed E-state index contributed by atoms with van der Waals surface area (Å²) in [7, 11) is 3.16. The molecule has 6 heteroatoms. The lowest BCUT2D eigenvalue weighted by atomic mass is 10.1. The Morgan fingerprint density at radius 2 is 1.79 bits per heavy atom. The lowest BCUT2D eigenvalue weighted by molar-refractivity contribution is -0.121. The molecule has 0 saturated heterocycles. The number of methoxy groups -OCH3 is 2. The molecule has 1 N–H and O–H groups in total. The van der Waals surface area contributed by atoms with Crippen LogP contribution in [0.15, 0.2) is 60.8 Å². The first-order valence-corrected chi connectivity index (χ1v) is 8.95. The van der Waals surface area contributed by atoms with E-state index in [0.717, 1.165) is 16.9 Å². The highest BCUT2D eigenvalue weighted by atomic mass is 19.1. The third-order valence-corrected chi connectivity index (χ3v) is 4.56. The Labute approximate surface area is 163 Å². The summed E-state index contributed by atoms with van der Waals surface area (Å²) >= 11 is 0. The number of halogens is 1. The van der Waals surface area contributed by atoms with Crippen LogP contribution in [0, 0.1) is 5.82 Å². The van der Waals surface area contributed by atoms with Crippen LogP contribution in [0.5, 0.6) is 11.5 Å². The number of nitrogens with one attached hydrogen (secondary N) is 1. The molecule has 146 valence electrons. The Morgan fingerprint density at radius 3 is 2.46 bits per heavy atom. The van der Waals surface area contributed by atoms with Crippen molar-refractivity contribution in [2.24, 2.45) is 0 Å². The van der Waals surface area contributed by atoms with Crippen molar-refractivity contribution in [2.45, 2.75) is 19.4 Å². The summed E-state index contributed by atoms with van der Waals surface area (Å²) in [5, 5.41) is 3.00. The summed E-state index contributed by atoms with van der Waals surface area (Å²) in [5.41, 5.74) is 2.55. The Hall–Kier alpha value is -3.28. The van der Waals surface area contributed by atoms with Gasteiger partial charge < -0.3 is 19.4 Å². The fourth-order valence-electron chi connectivity index (χ4n) is 3.08. The number of carbonyl (C=O) groups is 1. The number of aromatic nitrogens is 1. The molecule has 3 rings (SSSR count). The zero-order valence-corrected chi connectivity index (χ0v) is 16.1. The van der Waals surface area contributed by atoms with E-state index in [2.05, 4.69) is 5.32 Å². The zero-order chi connectivity index (χ0) is 20.1. The summed E-state index contributed by atoms with van der Waals surface area (Å²) in [5.74, 6) is 0.858. The van der Waals surface area contributed by atoms with Crippen LogP contribution in [0.2, 0.25) is 0 Å². The number of amides is 1. The Bertz CT molecular complexity index is 951. The van der Waals surface area contributed by atoms with Crippen LogP contribution >= 0.6 is 0 Å². The molecule has 1 aromatic heterocycles. The van der Waals surface area contributed by atoms with Gasteiger partial charge in [0.15, 0.2) is 11.5 Å². The molecule has 0 radical (unpaired) electrons. The van der Waals surface area contributed by atoms with Crippen LogP contribution in [0.4, 0.5) is 4.39 Å². The number of hydrogen-bond donors (Lipinski definition) is 1. The first-order valence-electron chi connectivity index (χ1n) is 8.95. The smallest absolute Gasteiger partial charge is 0.226 e. The summed E-state index contributed by atoms with van der Waals surface area (Å²) in [4.78, 5) is 12.6. The van der Waals surface area contributed by atoms with E-state index >= 15 is 0 Å². The zero-order valence-electron chi connectivity index (χ0n) is 16.1. The molecule has 1 atom stereocenters. The maximum atomic E-state index is 13.2. The van der Waals surface area contributed by atoms with Gasteiger partial charge in [0.1, 0.15) is 5.82 Å². The van der Waals surface area contributed by atoms with Crippen LogP contribution < -0.4 is 14.8 Å². The van der Waals surface area contributed by atoms with E-state index in [1.165, 1.54) is 12.1 Å². The second kappa shape index (κ2) is 8.61. The van der Waals surface area contributed by atoms with Crippen LogP contribution in [0.3, 0.4) is 0 Å². The molecule has 5 nitrogen and oxygen atoms in total. The molecule has 1 heterocycles. The van der Waals surface area contributed by atoms with Crippen LogP contribution in [0.25, 0.3) is 5.69 Å². The van der Waals surface area contributed by atoms with E-state index in [1.54, 1.807) is 26.4 Å². The standard InChI is InChI=1S/C22H23FN2O3/c1-15(16-6-11-20(27-2)21(13-16)28-3)24-22(26)14-19-5-4-12-25(19)18-9-7-17(23)8-10-18/h4-13,15H,14H2,1-3H3,(H,24,26)/t15-/m1/s1. The van der Waals surface area contributed by atoms with Gasteiger partial charge in [0.25, 0.3) is 0 Å². The summed E-state index contributed by atoms with van der Waals surface area (Å²) in [6, 6.07) is 15.3. The lowest BCUT2D eigenvalue weighted by Crippen LogP contribution is -2.28. The molecule has 0 saturated carbocycles. The van der Waals surface area contributed by atoms with Crippen molar-refractivity contribution in [3.63, 3.8) is 0 Å². The van der Waals surface area contributed by atoms with Crippen LogP contribution in [0.1, 0.15) is 24.2 Å². The predicted molar refractivity (Wildman–Crippen MR) is 106 cm³/mol. The van der Waals surface area contributed by atoms with Gasteiger partial charge in [-0.3, -0.25) is 4.79 Å². The average molecular weight is 382 g/mol. The van der Waals surface area contributed by atoms with Gasteiger partial charge in [-0.25, -0.2) is 4.39 Å². The highest BCUT2D eigenvalue weighted by molar-refractivity contribution is 5.78. The maximum absolute atomic E-state index is 13.2. The predicted octanol–water partition coefficient (Wildman–Crippen LogP) is 4.05. The van der Waals surface area contributed by atoms with Gasteiger partial charge in [0, 0.05) is 17.6 Å². The Balaban J connectivity index is 1.69. The second-order valence-electron chi connectivity index (χ2n) is 6.43. The van der Waals surface area contributed by atoms with Crippen LogP contribution in [-0.4, -0.2) is 24.7 Å². The van der Waals surface area contributed by atoms with E-state index in [4.69, 9.17) is 9.47 Å². The van der Waals surface area contributed by atoms with Crippen molar-refractivity contribution < 1.29 is 18.7 Å². The molecule has 0 aliphatic carbocycles. The van der Waals surface area contributed by atoms with Gasteiger partial charge >= 0.3 is 0 Å². The maximum Gasteiger partial charge on any atom is 0.226 e. The van der Waals surface area contributed by atoms with Crippen molar-refractivity contribution in [1.82, 2.24) is 9.88 Å². The fraction of sp³-hybridized carbons (Fsp3) is 0.227. The molecule has 1 amide bonds. The van der Waals surface area contributed by atoms with Gasteiger partial charge in [-0.05, 0) is 61.0 Å². The van der Waals surface area contributed by atoms with E-state index in [-0.39, 0.29) is 24.2 Å². The first-order chi connectivity index (χ1) is 13.5. The Kier molecular flexibility index (Phi) is 5.99. The van der Waals surface area contributed by atoms with Crippen molar-refractivity contribution in [1.29, 1.82) is 0 Å². The largest absolute Gasteiger partial charge is 0.493 e. The van der Waals surface area contributed by atoms with Gasteiger partial charge in [-0.2, -0.15) is 0 Å². The first kappa shape index (κ1) is 19.5. The normalized spacial score (nSPS) is 11.7. The molecular formula is C22H23FN2O3. The molecule has 3 aromatic rings. The van der Waals surface area contributed by atoms with Crippen molar-refractivity contribution in [2.75, 3.05) is 14.2 Å². The molecule has 0 unspecified atom stereocenters. The second-order valence-corrected chi connectivity index (χ2v) is 6.43. The van der Waals surface area contributed by atoms with Gasteiger partial charge in [-0.1, -0.05) is 6.07 Å². The van der Waals surface area contributed by atoms with Gasteiger partial charge in [0.05, 0.1) is 26.7 Å². The molecule has 0 bridgehead atoms. The number of carbonyl (C=O) groups excluding carboxylic acids is 1. The summed E-state index contributed by atoms with van der Waals surface area (Å²) in [6.07, 6.45) is 2.07. The molecule has 0 aliphatic heterocycles. The summed E-state index contributed by atoms with van der Waals surface area (Å²) in [6.45, 7) is 1.91. The molecule has 0 aliphatic rings. The van der Waals surface area contributed by atoms with Crippen molar-refractivity contribution >= 4 is 5.91 Å². The number of rotatable bonds is 7. The van der Waals surface area contributed by atoms with Gasteiger partial charge in [0.2, 0.25) is 5.91 Å². The molecular weight excluding hydrogens is 359 g/mol. The van der Waals surface area contributed by atoms with Crippen molar-refractivity contribution in [3.05, 3.63) is 77.9 Å². The monoisotopic (exact) mass is 382 g/mol. The van der Waals surface area contributed by atoms with Crippen LogP contribution in [-0.2, 0) is 11.2 Å². The Morgan fingerprint density at radius 1 is 1.07 bits per heavy atom. The minimum Gasteiger partial charge on any atom is -0.493 e. The number of nitrogens with zero attached hydrogens (tertiary/aromatic N) is 1. The van der Waals surface area contributed by atoms with E-state index < -0.39 is 0 Å². The summed E-state index contributed by atoms with van der Waals surface area (Å²) < 4.78 is 25.6.